The maximum absolute atomic E-state index is 10.6. The van der Waals surface area contributed by atoms with Crippen molar-refractivity contribution in [2.24, 2.45) is 0 Å². The zero-order chi connectivity index (χ0) is 13.8. The van der Waals surface area contributed by atoms with E-state index in [0.29, 0.717) is 34.7 Å². The van der Waals surface area contributed by atoms with Crippen LogP contribution >= 0.6 is 15.9 Å². The average Bonchev–Trinajstić information content (AvgIpc) is 2.71. The molecule has 0 saturated carbocycles. The molecule has 0 bridgehead atoms. The molecule has 0 radical (unpaired) electrons. The van der Waals surface area contributed by atoms with Crippen LogP contribution in [0.3, 0.4) is 0 Å². The number of aromatic nitrogens is 3. The van der Waals surface area contributed by atoms with Gasteiger partial charge in [-0.2, -0.15) is 0 Å². The van der Waals surface area contributed by atoms with Crippen LogP contribution < -0.4 is 5.32 Å². The summed E-state index contributed by atoms with van der Waals surface area (Å²) in [5, 5.41) is 16.1. The fourth-order valence-corrected chi connectivity index (χ4v) is 2.16. The number of nitrogens with zero attached hydrogens (tertiary/aromatic N) is 3. The molecular formula is C12H13BrN4O2. The second kappa shape index (κ2) is 5.83. The van der Waals surface area contributed by atoms with Gasteiger partial charge in [0.1, 0.15) is 10.4 Å². The van der Waals surface area contributed by atoms with Gasteiger partial charge in [0.15, 0.2) is 5.65 Å². The topological polar surface area (TPSA) is 79.5 Å². The number of aryl methyl sites for hydroxylation is 1. The van der Waals surface area contributed by atoms with Crippen molar-refractivity contribution in [2.75, 3.05) is 11.9 Å². The fourth-order valence-electron chi connectivity index (χ4n) is 1.61. The van der Waals surface area contributed by atoms with Crippen molar-refractivity contribution in [3.63, 3.8) is 0 Å². The first-order valence-corrected chi connectivity index (χ1v) is 6.52. The highest BCUT2D eigenvalue weighted by molar-refractivity contribution is 9.10. The van der Waals surface area contributed by atoms with Gasteiger partial charge in [-0.25, -0.2) is 9.50 Å². The molecule has 0 fully saturated rings. The van der Waals surface area contributed by atoms with Gasteiger partial charge in [-0.1, -0.05) is 6.08 Å². The molecule has 7 heteroatoms. The van der Waals surface area contributed by atoms with Crippen molar-refractivity contribution in [3.8, 4) is 0 Å². The lowest BCUT2D eigenvalue weighted by atomic mass is 10.2. The lowest BCUT2D eigenvalue weighted by molar-refractivity contribution is -0.136. The van der Waals surface area contributed by atoms with E-state index in [0.717, 1.165) is 0 Å². The Labute approximate surface area is 118 Å². The highest BCUT2D eigenvalue weighted by atomic mass is 79.9. The van der Waals surface area contributed by atoms with Gasteiger partial charge in [-0.15, -0.1) is 11.7 Å². The standard InChI is InChI=1S/C12H13BrN4O2/c1-2-7-14-9-4-5-10-15-8(3-6-11(18)19)12(13)17(10)16-9/h2,4-5H,1,3,6-7H2,(H,14,16)(H,18,19). The molecule has 0 aliphatic heterocycles. The van der Waals surface area contributed by atoms with Gasteiger partial charge in [0.2, 0.25) is 0 Å². The molecule has 2 N–H and O–H groups in total. The first-order valence-electron chi connectivity index (χ1n) is 5.72. The van der Waals surface area contributed by atoms with E-state index in [2.05, 4.69) is 37.9 Å². The number of imidazole rings is 1. The summed E-state index contributed by atoms with van der Waals surface area (Å²) in [7, 11) is 0. The molecule has 2 rings (SSSR count). The summed E-state index contributed by atoms with van der Waals surface area (Å²) in [5.74, 6) is -0.138. The van der Waals surface area contributed by atoms with Crippen molar-refractivity contribution in [1.29, 1.82) is 0 Å². The minimum absolute atomic E-state index is 0.0457. The number of aliphatic carboxylic acids is 1. The SMILES string of the molecule is C=CCNc1ccc2nc(CCC(=O)O)c(Br)n2n1. The van der Waals surface area contributed by atoms with Crippen LogP contribution in [0.15, 0.2) is 29.4 Å². The third-order valence-corrected chi connectivity index (χ3v) is 3.29. The lowest BCUT2D eigenvalue weighted by Gasteiger charge is -2.02. The molecule has 0 amide bonds. The summed E-state index contributed by atoms with van der Waals surface area (Å²) in [4.78, 5) is 14.9. The number of hydrogen-bond donors (Lipinski definition) is 2. The molecule has 0 spiro atoms. The third-order valence-electron chi connectivity index (χ3n) is 2.49. The number of halogens is 1. The third kappa shape index (κ3) is 3.11. The molecule has 0 aliphatic carbocycles. The molecule has 100 valence electrons. The van der Waals surface area contributed by atoms with Gasteiger partial charge >= 0.3 is 5.97 Å². The minimum Gasteiger partial charge on any atom is -0.481 e. The Bertz CT molecular complexity index is 623. The maximum atomic E-state index is 10.6. The Morgan fingerprint density at radius 2 is 2.37 bits per heavy atom. The summed E-state index contributed by atoms with van der Waals surface area (Å²) in [6.07, 6.45) is 2.16. The number of carboxylic acid groups (broad SMARTS) is 1. The van der Waals surface area contributed by atoms with Crippen LogP contribution in [-0.4, -0.2) is 32.2 Å². The van der Waals surface area contributed by atoms with Crippen molar-refractivity contribution >= 4 is 33.4 Å². The van der Waals surface area contributed by atoms with Crippen molar-refractivity contribution < 1.29 is 9.90 Å². The van der Waals surface area contributed by atoms with Crippen LogP contribution in [-0.2, 0) is 11.2 Å². The van der Waals surface area contributed by atoms with Crippen LogP contribution in [0.4, 0.5) is 5.82 Å². The van der Waals surface area contributed by atoms with Gasteiger partial charge in [0.05, 0.1) is 12.1 Å². The Kier molecular flexibility index (Phi) is 4.16. The predicted octanol–water partition coefficient (Wildman–Crippen LogP) is 2.11. The summed E-state index contributed by atoms with van der Waals surface area (Å²) in [6, 6.07) is 3.65. The molecule has 0 saturated heterocycles. The molecule has 19 heavy (non-hydrogen) atoms. The molecule has 2 aromatic rings. The van der Waals surface area contributed by atoms with E-state index in [-0.39, 0.29) is 6.42 Å². The van der Waals surface area contributed by atoms with E-state index < -0.39 is 5.97 Å². The predicted molar refractivity (Wildman–Crippen MR) is 75.3 cm³/mol. The molecule has 0 unspecified atom stereocenters. The average molecular weight is 325 g/mol. The summed E-state index contributed by atoms with van der Waals surface area (Å²) in [5.41, 5.74) is 1.37. The molecule has 0 aliphatic rings. The normalized spacial score (nSPS) is 10.6. The van der Waals surface area contributed by atoms with Gasteiger partial charge < -0.3 is 10.4 Å². The van der Waals surface area contributed by atoms with Crippen LogP contribution in [0.1, 0.15) is 12.1 Å². The van der Waals surface area contributed by atoms with E-state index in [1.54, 1.807) is 10.6 Å². The lowest BCUT2D eigenvalue weighted by Crippen LogP contribution is -2.03. The molecule has 2 aromatic heterocycles. The summed E-state index contributed by atoms with van der Waals surface area (Å²) < 4.78 is 2.33. The van der Waals surface area contributed by atoms with Crippen molar-refractivity contribution in [3.05, 3.63) is 35.1 Å². The Morgan fingerprint density at radius 1 is 1.58 bits per heavy atom. The van der Waals surface area contributed by atoms with Crippen molar-refractivity contribution in [1.82, 2.24) is 14.6 Å². The van der Waals surface area contributed by atoms with Gasteiger partial charge in [-0.05, 0) is 28.1 Å². The highest BCUT2D eigenvalue weighted by Gasteiger charge is 2.12. The summed E-state index contributed by atoms with van der Waals surface area (Å²) >= 11 is 3.40. The quantitative estimate of drug-likeness (QED) is 0.795. The number of carboxylic acids is 1. The van der Waals surface area contributed by atoms with Crippen LogP contribution in [0.5, 0.6) is 0 Å². The number of rotatable bonds is 6. The van der Waals surface area contributed by atoms with Crippen LogP contribution in [0, 0.1) is 0 Å². The first-order chi connectivity index (χ1) is 9.11. The van der Waals surface area contributed by atoms with Gasteiger partial charge in [-0.3, -0.25) is 4.79 Å². The second-order valence-corrected chi connectivity index (χ2v) is 4.65. The van der Waals surface area contributed by atoms with Crippen LogP contribution in [0.2, 0.25) is 0 Å². The summed E-state index contributed by atoms with van der Waals surface area (Å²) in [6.45, 7) is 4.25. The monoisotopic (exact) mass is 324 g/mol. The van der Waals surface area contributed by atoms with Crippen LogP contribution in [0.25, 0.3) is 5.65 Å². The Morgan fingerprint density at radius 3 is 3.05 bits per heavy atom. The highest BCUT2D eigenvalue weighted by Crippen LogP contribution is 2.20. The zero-order valence-electron chi connectivity index (χ0n) is 10.1. The fraction of sp³-hybridized carbons (Fsp3) is 0.250. The van der Waals surface area contributed by atoms with Gasteiger partial charge in [0, 0.05) is 13.0 Å². The van der Waals surface area contributed by atoms with Gasteiger partial charge in [0.25, 0.3) is 0 Å². The zero-order valence-corrected chi connectivity index (χ0v) is 11.7. The van der Waals surface area contributed by atoms with E-state index in [1.807, 2.05) is 12.1 Å². The smallest absolute Gasteiger partial charge is 0.303 e. The maximum Gasteiger partial charge on any atom is 0.303 e. The number of anilines is 1. The number of fused-ring (bicyclic) bond motifs is 1. The second-order valence-electron chi connectivity index (χ2n) is 3.90. The number of nitrogens with one attached hydrogen (secondary N) is 1. The largest absolute Gasteiger partial charge is 0.481 e. The van der Waals surface area contributed by atoms with E-state index in [1.165, 1.54) is 0 Å². The molecule has 0 aromatic carbocycles. The molecule has 6 nitrogen and oxygen atoms in total. The molecular weight excluding hydrogens is 312 g/mol. The Hall–Kier alpha value is -1.89. The van der Waals surface area contributed by atoms with E-state index in [4.69, 9.17) is 5.11 Å². The van der Waals surface area contributed by atoms with E-state index >= 15 is 0 Å². The van der Waals surface area contributed by atoms with E-state index in [9.17, 15) is 4.79 Å². The molecule has 0 atom stereocenters. The number of carbonyl (C=O) groups is 1. The minimum atomic E-state index is -0.842. The molecule has 2 heterocycles. The Balaban J connectivity index is 2.29. The van der Waals surface area contributed by atoms with Crippen molar-refractivity contribution in [2.45, 2.75) is 12.8 Å². The number of hydrogen-bond acceptors (Lipinski definition) is 4. The first kappa shape index (κ1) is 13.5.